The molecule has 0 spiro atoms. The second kappa shape index (κ2) is 10.7. The molecule has 0 bridgehead atoms. The second-order valence-electron chi connectivity index (χ2n) is 7.40. The van der Waals surface area contributed by atoms with Gasteiger partial charge in [0.05, 0.1) is 30.5 Å². The Kier molecular flexibility index (Phi) is 8.14. The molecule has 36 heavy (non-hydrogen) atoms. The third kappa shape index (κ3) is 6.46. The van der Waals surface area contributed by atoms with Crippen molar-refractivity contribution in [3.05, 3.63) is 70.9 Å². The number of ether oxygens (including phenoxy) is 1. The summed E-state index contributed by atoms with van der Waals surface area (Å²) in [5, 5.41) is 1.18. The minimum Gasteiger partial charge on any atom is -0.496 e. The lowest BCUT2D eigenvalue weighted by Crippen LogP contribution is -2.24. The van der Waals surface area contributed by atoms with Crippen molar-refractivity contribution in [3.8, 4) is 17.0 Å². The lowest BCUT2D eigenvalue weighted by molar-refractivity contribution is -0.143. The lowest BCUT2D eigenvalue weighted by Gasteiger charge is -2.19. The molecule has 0 fully saturated rings. The zero-order valence-corrected chi connectivity index (χ0v) is 19.9. The minimum atomic E-state index is -4.99. The molecule has 0 unspecified atom stereocenters. The van der Waals surface area contributed by atoms with E-state index < -0.39 is 36.0 Å². The number of para-hydroxylation sites is 1. The van der Waals surface area contributed by atoms with Gasteiger partial charge in [-0.25, -0.2) is 14.8 Å². The van der Waals surface area contributed by atoms with Crippen molar-refractivity contribution in [2.45, 2.75) is 24.1 Å². The van der Waals surface area contributed by atoms with Gasteiger partial charge in [0.2, 0.25) is 0 Å². The van der Waals surface area contributed by atoms with Crippen LogP contribution in [0.4, 0.5) is 26.3 Å². The molecule has 1 aromatic heterocycles. The summed E-state index contributed by atoms with van der Waals surface area (Å²) in [5.74, 6) is -0.552. The predicted octanol–water partition coefficient (Wildman–Crippen LogP) is 6.12. The molecule has 13 heteroatoms. The van der Waals surface area contributed by atoms with Crippen LogP contribution in [0.3, 0.4) is 0 Å². The number of hydroxylamine groups is 2. The molecule has 0 N–H and O–H groups in total. The molecule has 0 aliphatic rings. The fraction of sp³-hybridized carbons (Fsp3) is 0.261. The highest BCUT2D eigenvalue weighted by Crippen LogP contribution is 2.37. The summed E-state index contributed by atoms with van der Waals surface area (Å²) >= 11 is 1.22. The van der Waals surface area contributed by atoms with E-state index in [2.05, 4.69) is 9.97 Å². The maximum atomic E-state index is 13.1. The van der Waals surface area contributed by atoms with Crippen LogP contribution in [0, 0.1) is 0 Å². The molecule has 2 aromatic carbocycles. The van der Waals surface area contributed by atoms with E-state index in [9.17, 15) is 31.1 Å². The molecule has 0 radical (unpaired) electrons. The third-order valence-corrected chi connectivity index (χ3v) is 5.38. The Morgan fingerprint density at radius 3 is 2.19 bits per heavy atom. The fourth-order valence-corrected chi connectivity index (χ4v) is 3.59. The number of methoxy groups -OCH3 is 1. The van der Waals surface area contributed by atoms with E-state index in [4.69, 9.17) is 9.57 Å². The van der Waals surface area contributed by atoms with Crippen molar-refractivity contribution in [2.75, 3.05) is 20.4 Å². The van der Waals surface area contributed by atoms with Gasteiger partial charge in [-0.05, 0) is 42.2 Å². The van der Waals surface area contributed by atoms with Crippen LogP contribution in [0.2, 0.25) is 0 Å². The number of halogens is 6. The molecule has 0 saturated heterocycles. The van der Waals surface area contributed by atoms with Crippen molar-refractivity contribution in [2.24, 2.45) is 0 Å². The average Bonchev–Trinajstić information content (AvgIpc) is 2.82. The highest BCUT2D eigenvalue weighted by molar-refractivity contribution is 7.98. The Bertz CT molecular complexity index is 1220. The summed E-state index contributed by atoms with van der Waals surface area (Å²) in [4.78, 5) is 26.6. The number of rotatable bonds is 7. The van der Waals surface area contributed by atoms with Gasteiger partial charge in [-0.2, -0.15) is 26.3 Å². The smallest absolute Gasteiger partial charge is 0.416 e. The topological polar surface area (TPSA) is 64.5 Å². The summed E-state index contributed by atoms with van der Waals surface area (Å²) < 4.78 is 84.2. The summed E-state index contributed by atoms with van der Waals surface area (Å²) in [6.07, 6.45) is -7.03. The van der Waals surface area contributed by atoms with E-state index in [1.165, 1.54) is 32.1 Å². The molecule has 0 atom stereocenters. The number of hydrogen-bond acceptors (Lipinski definition) is 7. The average molecular weight is 531 g/mol. The summed E-state index contributed by atoms with van der Waals surface area (Å²) in [6.45, 7) is -0.549. The van der Waals surface area contributed by atoms with Crippen molar-refractivity contribution in [3.63, 3.8) is 0 Å². The van der Waals surface area contributed by atoms with Gasteiger partial charge in [-0.15, -0.1) is 5.06 Å². The quantitative estimate of drug-likeness (QED) is 0.158. The van der Waals surface area contributed by atoms with Crippen LogP contribution in [-0.2, 0) is 23.7 Å². The maximum Gasteiger partial charge on any atom is 0.416 e. The van der Waals surface area contributed by atoms with Gasteiger partial charge >= 0.3 is 18.3 Å². The number of nitrogens with zero attached hydrogens (tertiary/aromatic N) is 3. The van der Waals surface area contributed by atoms with Gasteiger partial charge in [0, 0.05) is 18.8 Å². The summed E-state index contributed by atoms with van der Waals surface area (Å²) in [7, 11) is 2.64. The van der Waals surface area contributed by atoms with E-state index in [0.29, 0.717) is 28.6 Å². The van der Waals surface area contributed by atoms with Crippen LogP contribution in [0.25, 0.3) is 11.3 Å². The normalized spacial score (nSPS) is 12.1. The van der Waals surface area contributed by atoms with Crippen LogP contribution in [-0.4, -0.2) is 41.4 Å². The standard InChI is InChI=1S/C23H19F6N3O3S/c1-32(12-13-8-14(22(24,25)26)10-15(9-13)23(27,28)29)35-20(33)17-11-30-21(36-3)31-19(17)16-6-4-5-7-18(16)34-2/h4-11H,12H2,1-3H3. The molecule has 0 aliphatic heterocycles. The van der Waals surface area contributed by atoms with E-state index in [1.54, 1.807) is 30.5 Å². The first-order valence-corrected chi connectivity index (χ1v) is 11.3. The maximum absolute atomic E-state index is 13.1. The predicted molar refractivity (Wildman–Crippen MR) is 119 cm³/mol. The Labute approximate surface area is 206 Å². The van der Waals surface area contributed by atoms with Crippen LogP contribution < -0.4 is 4.74 Å². The van der Waals surface area contributed by atoms with E-state index >= 15 is 0 Å². The molecular weight excluding hydrogens is 512 g/mol. The first kappa shape index (κ1) is 27.3. The fourth-order valence-electron chi connectivity index (χ4n) is 3.25. The monoisotopic (exact) mass is 531 g/mol. The van der Waals surface area contributed by atoms with Gasteiger partial charge in [-0.3, -0.25) is 0 Å². The lowest BCUT2D eigenvalue weighted by atomic mass is 10.0. The number of carbonyl (C=O) groups is 1. The Hall–Kier alpha value is -3.32. The van der Waals surface area contributed by atoms with Crippen LogP contribution in [0.1, 0.15) is 27.0 Å². The van der Waals surface area contributed by atoms with Crippen LogP contribution >= 0.6 is 11.8 Å². The van der Waals surface area contributed by atoms with Gasteiger partial charge in [-0.1, -0.05) is 23.9 Å². The van der Waals surface area contributed by atoms with Crippen molar-refractivity contribution in [1.29, 1.82) is 0 Å². The van der Waals surface area contributed by atoms with Gasteiger partial charge in [0.15, 0.2) is 5.16 Å². The summed E-state index contributed by atoms with van der Waals surface area (Å²) in [6, 6.07) is 7.89. The molecular formula is C23H19F6N3O3S. The number of hydrogen-bond donors (Lipinski definition) is 0. The molecule has 1 heterocycles. The largest absolute Gasteiger partial charge is 0.496 e. The molecule has 3 rings (SSSR count). The Morgan fingerprint density at radius 2 is 1.64 bits per heavy atom. The number of alkyl halides is 6. The molecule has 0 aliphatic carbocycles. The first-order valence-electron chi connectivity index (χ1n) is 10.1. The van der Waals surface area contributed by atoms with Crippen molar-refractivity contribution in [1.82, 2.24) is 15.0 Å². The van der Waals surface area contributed by atoms with E-state index in [0.717, 1.165) is 5.06 Å². The summed E-state index contributed by atoms with van der Waals surface area (Å²) in [5.41, 5.74) is -2.72. The van der Waals surface area contributed by atoms with Gasteiger partial charge in [0.25, 0.3) is 0 Å². The van der Waals surface area contributed by atoms with E-state index in [-0.39, 0.29) is 22.9 Å². The molecule has 0 saturated carbocycles. The molecule has 3 aromatic rings. The SMILES string of the molecule is COc1ccccc1-c1nc(SC)ncc1C(=O)ON(C)Cc1cc(C(F)(F)F)cc(C(F)(F)F)c1. The molecule has 6 nitrogen and oxygen atoms in total. The highest BCUT2D eigenvalue weighted by atomic mass is 32.2. The molecule has 0 amide bonds. The third-order valence-electron chi connectivity index (χ3n) is 4.82. The Morgan fingerprint density at radius 1 is 1.03 bits per heavy atom. The number of aromatic nitrogens is 2. The highest BCUT2D eigenvalue weighted by Gasteiger charge is 2.37. The zero-order chi connectivity index (χ0) is 26.7. The van der Waals surface area contributed by atoms with Crippen molar-refractivity contribution >= 4 is 17.7 Å². The zero-order valence-electron chi connectivity index (χ0n) is 19.1. The van der Waals surface area contributed by atoms with Crippen LogP contribution in [0.15, 0.2) is 53.8 Å². The number of benzene rings is 2. The minimum absolute atomic E-state index is 0.0274. The number of thioether (sulfide) groups is 1. The first-order chi connectivity index (χ1) is 16.8. The molecule has 192 valence electrons. The second-order valence-corrected chi connectivity index (χ2v) is 8.17. The number of carbonyl (C=O) groups excluding carboxylic acids is 1. The Balaban J connectivity index is 1.91. The van der Waals surface area contributed by atoms with Gasteiger partial charge in [0.1, 0.15) is 11.3 Å². The van der Waals surface area contributed by atoms with E-state index in [1.807, 2.05) is 0 Å². The van der Waals surface area contributed by atoms with Gasteiger partial charge < -0.3 is 9.57 Å². The van der Waals surface area contributed by atoms with Crippen LogP contribution in [0.5, 0.6) is 5.75 Å². The van der Waals surface area contributed by atoms with Crippen molar-refractivity contribution < 1.29 is 40.7 Å².